The van der Waals surface area contributed by atoms with Gasteiger partial charge in [-0.25, -0.2) is 0 Å². The van der Waals surface area contributed by atoms with Gasteiger partial charge in [0.25, 0.3) is 11.8 Å². The van der Waals surface area contributed by atoms with E-state index in [9.17, 15) is 9.59 Å². The summed E-state index contributed by atoms with van der Waals surface area (Å²) in [5.41, 5.74) is 3.13. The van der Waals surface area contributed by atoms with Crippen LogP contribution in [-0.2, 0) is 16.0 Å². The minimum atomic E-state index is -0.439. The zero-order valence-corrected chi connectivity index (χ0v) is 15.0. The highest BCUT2D eigenvalue weighted by Gasteiger charge is 2.33. The summed E-state index contributed by atoms with van der Waals surface area (Å²) in [5, 5.41) is 5.45. The van der Waals surface area contributed by atoms with Crippen LogP contribution in [0.1, 0.15) is 30.9 Å². The number of carbonyl (C=O) groups is 2. The molecule has 0 aromatic heterocycles. The van der Waals surface area contributed by atoms with Crippen LogP contribution >= 0.6 is 0 Å². The van der Waals surface area contributed by atoms with E-state index in [2.05, 4.69) is 17.6 Å². The van der Waals surface area contributed by atoms with E-state index in [0.717, 1.165) is 24.9 Å². The van der Waals surface area contributed by atoms with Crippen LogP contribution in [0.3, 0.4) is 0 Å². The summed E-state index contributed by atoms with van der Waals surface area (Å²) in [7, 11) is 1.54. The van der Waals surface area contributed by atoms with E-state index in [1.807, 2.05) is 30.3 Å². The highest BCUT2D eigenvalue weighted by molar-refractivity contribution is 6.37. The first-order chi connectivity index (χ1) is 12.6. The van der Waals surface area contributed by atoms with Gasteiger partial charge in [0, 0.05) is 11.3 Å². The smallest absolute Gasteiger partial charge is 0.275 e. The molecule has 0 saturated heterocycles. The Bertz CT molecular complexity index is 854. The van der Waals surface area contributed by atoms with Gasteiger partial charge in [-0.15, -0.1) is 0 Å². The lowest BCUT2D eigenvalue weighted by atomic mass is 10.0. The van der Waals surface area contributed by atoms with Crippen LogP contribution in [-0.4, -0.2) is 18.9 Å². The van der Waals surface area contributed by atoms with E-state index in [0.29, 0.717) is 16.9 Å². The molecule has 3 rings (SSSR count). The molecule has 26 heavy (non-hydrogen) atoms. The summed E-state index contributed by atoms with van der Waals surface area (Å²) < 4.78 is 5.34. The first kappa shape index (κ1) is 17.7. The number of para-hydroxylation sites is 1. The number of benzene rings is 2. The number of hydrogen-bond donors (Lipinski definition) is 2. The second kappa shape index (κ2) is 7.87. The number of rotatable bonds is 7. The topological polar surface area (TPSA) is 67.4 Å². The van der Waals surface area contributed by atoms with Crippen molar-refractivity contribution in [2.75, 3.05) is 12.4 Å². The second-order valence-electron chi connectivity index (χ2n) is 6.16. The average molecular weight is 350 g/mol. The molecular weight excluding hydrogens is 328 g/mol. The Hall–Kier alpha value is -3.08. The molecule has 5 heteroatoms. The zero-order chi connectivity index (χ0) is 18.5. The van der Waals surface area contributed by atoms with Gasteiger partial charge in [0.1, 0.15) is 11.4 Å². The third kappa shape index (κ3) is 3.61. The number of amides is 2. The Balaban J connectivity index is 1.93. The molecule has 5 nitrogen and oxygen atoms in total. The van der Waals surface area contributed by atoms with E-state index in [1.165, 1.54) is 12.7 Å². The van der Waals surface area contributed by atoms with E-state index in [-0.39, 0.29) is 5.70 Å². The fraction of sp³-hybridized carbons (Fsp3) is 0.238. The number of ether oxygens (including phenoxy) is 1. The lowest BCUT2D eigenvalue weighted by Gasteiger charge is -2.11. The molecule has 0 unspecified atom stereocenters. The van der Waals surface area contributed by atoms with Gasteiger partial charge in [0.2, 0.25) is 0 Å². The van der Waals surface area contributed by atoms with Crippen molar-refractivity contribution in [2.24, 2.45) is 0 Å². The Morgan fingerprint density at radius 1 is 1.00 bits per heavy atom. The summed E-state index contributed by atoms with van der Waals surface area (Å²) in [6.07, 6.45) is 3.33. The molecule has 1 aliphatic heterocycles. The molecule has 1 aliphatic rings. The average Bonchev–Trinajstić information content (AvgIpc) is 2.94. The van der Waals surface area contributed by atoms with Crippen LogP contribution in [0.15, 0.2) is 54.2 Å². The lowest BCUT2D eigenvalue weighted by Crippen LogP contribution is -2.24. The van der Waals surface area contributed by atoms with Crippen molar-refractivity contribution in [1.29, 1.82) is 0 Å². The number of hydrogen-bond acceptors (Lipinski definition) is 4. The third-order valence-electron chi connectivity index (χ3n) is 4.35. The van der Waals surface area contributed by atoms with Crippen molar-refractivity contribution < 1.29 is 14.3 Å². The summed E-state index contributed by atoms with van der Waals surface area (Å²) in [6.45, 7) is 2.16. The van der Waals surface area contributed by atoms with Crippen molar-refractivity contribution in [1.82, 2.24) is 5.32 Å². The van der Waals surface area contributed by atoms with Crippen LogP contribution in [0, 0.1) is 0 Å². The predicted octanol–water partition coefficient (Wildman–Crippen LogP) is 3.52. The molecule has 2 amide bonds. The third-order valence-corrected chi connectivity index (χ3v) is 4.35. The Morgan fingerprint density at radius 2 is 1.73 bits per heavy atom. The molecule has 1 heterocycles. The number of anilines is 1. The maximum atomic E-state index is 12.3. The van der Waals surface area contributed by atoms with Crippen LogP contribution in [0.4, 0.5) is 5.69 Å². The summed E-state index contributed by atoms with van der Waals surface area (Å²) in [4.78, 5) is 24.6. The van der Waals surface area contributed by atoms with Crippen LogP contribution < -0.4 is 15.4 Å². The molecule has 0 radical (unpaired) electrons. The van der Waals surface area contributed by atoms with E-state index in [1.54, 1.807) is 18.2 Å². The molecule has 134 valence electrons. The highest BCUT2D eigenvalue weighted by Crippen LogP contribution is 2.31. The molecular formula is C21H22N2O3. The standard InChI is InChI=1S/C21H22N2O3/c1-3-4-7-14-10-12-15(13-11-14)22-19-18(20(24)23-21(19)25)16-8-5-6-9-17(16)26-2/h5-6,8-13H,3-4,7H2,1-2H3,(H2,22,23,24,25). The van der Waals surface area contributed by atoms with E-state index >= 15 is 0 Å². The van der Waals surface area contributed by atoms with Gasteiger partial charge in [0.05, 0.1) is 12.7 Å². The number of unbranched alkanes of at least 4 members (excludes halogenated alkanes) is 1. The van der Waals surface area contributed by atoms with Gasteiger partial charge in [-0.2, -0.15) is 0 Å². The molecule has 2 aromatic carbocycles. The first-order valence-electron chi connectivity index (χ1n) is 8.73. The summed E-state index contributed by atoms with van der Waals surface area (Å²) >= 11 is 0. The van der Waals surface area contributed by atoms with Crippen molar-refractivity contribution in [3.05, 3.63) is 65.4 Å². The largest absolute Gasteiger partial charge is 0.496 e. The van der Waals surface area contributed by atoms with Gasteiger partial charge in [-0.1, -0.05) is 43.7 Å². The number of imide groups is 1. The number of methoxy groups -OCH3 is 1. The van der Waals surface area contributed by atoms with E-state index in [4.69, 9.17) is 4.74 Å². The van der Waals surface area contributed by atoms with Crippen molar-refractivity contribution in [3.63, 3.8) is 0 Å². The fourth-order valence-corrected chi connectivity index (χ4v) is 2.96. The maximum absolute atomic E-state index is 12.3. The molecule has 0 spiro atoms. The Labute approximate surface area is 153 Å². The summed E-state index contributed by atoms with van der Waals surface area (Å²) in [5.74, 6) is -0.325. The van der Waals surface area contributed by atoms with E-state index < -0.39 is 11.8 Å². The predicted molar refractivity (Wildman–Crippen MR) is 102 cm³/mol. The molecule has 0 fully saturated rings. The van der Waals surface area contributed by atoms with Crippen LogP contribution in [0.25, 0.3) is 5.57 Å². The quantitative estimate of drug-likeness (QED) is 0.750. The van der Waals surface area contributed by atoms with Gasteiger partial charge in [-0.3, -0.25) is 14.9 Å². The molecule has 0 bridgehead atoms. The zero-order valence-electron chi connectivity index (χ0n) is 15.0. The lowest BCUT2D eigenvalue weighted by molar-refractivity contribution is -0.123. The van der Waals surface area contributed by atoms with Gasteiger partial charge < -0.3 is 10.1 Å². The number of carbonyl (C=O) groups excluding carboxylic acids is 2. The summed E-state index contributed by atoms with van der Waals surface area (Å²) in [6, 6.07) is 15.1. The second-order valence-corrected chi connectivity index (χ2v) is 6.16. The van der Waals surface area contributed by atoms with Crippen molar-refractivity contribution in [2.45, 2.75) is 26.2 Å². The Morgan fingerprint density at radius 3 is 2.42 bits per heavy atom. The molecule has 2 N–H and O–H groups in total. The van der Waals surface area contributed by atoms with Crippen LogP contribution in [0.5, 0.6) is 5.75 Å². The fourth-order valence-electron chi connectivity index (χ4n) is 2.96. The molecule has 0 saturated carbocycles. The Kier molecular flexibility index (Phi) is 5.37. The number of aryl methyl sites for hydroxylation is 1. The van der Waals surface area contributed by atoms with Crippen molar-refractivity contribution in [3.8, 4) is 5.75 Å². The van der Waals surface area contributed by atoms with Crippen LogP contribution in [0.2, 0.25) is 0 Å². The minimum Gasteiger partial charge on any atom is -0.496 e. The minimum absolute atomic E-state index is 0.237. The van der Waals surface area contributed by atoms with Gasteiger partial charge in [-0.05, 0) is 36.6 Å². The first-order valence-corrected chi connectivity index (χ1v) is 8.73. The normalized spacial score (nSPS) is 13.8. The molecule has 2 aromatic rings. The maximum Gasteiger partial charge on any atom is 0.275 e. The van der Waals surface area contributed by atoms with Gasteiger partial charge in [0.15, 0.2) is 0 Å². The number of nitrogens with one attached hydrogen (secondary N) is 2. The van der Waals surface area contributed by atoms with Gasteiger partial charge >= 0.3 is 0 Å². The molecule has 0 aliphatic carbocycles. The van der Waals surface area contributed by atoms with Crippen molar-refractivity contribution >= 4 is 23.1 Å². The molecule has 0 atom stereocenters. The SMILES string of the molecule is CCCCc1ccc(NC2=C(c3ccccc3OC)C(=O)NC2=O)cc1. The highest BCUT2D eigenvalue weighted by atomic mass is 16.5. The monoisotopic (exact) mass is 350 g/mol.